The Morgan fingerprint density at radius 2 is 1.67 bits per heavy atom. The second-order valence-electron chi connectivity index (χ2n) is 6.15. The lowest BCUT2D eigenvalue weighted by atomic mass is 10.1. The van der Waals surface area contributed by atoms with Crippen LogP contribution in [0.25, 0.3) is 0 Å². The smallest absolute Gasteiger partial charge is 0.261 e. The number of rotatable bonds is 7. The molecular formula is C21H27NO2. The lowest BCUT2D eigenvalue weighted by Crippen LogP contribution is -2.39. The molecule has 2 aromatic carbocycles. The van der Waals surface area contributed by atoms with Crippen LogP contribution in [0.4, 0.5) is 0 Å². The zero-order valence-corrected chi connectivity index (χ0v) is 15.0. The molecule has 0 spiro atoms. The van der Waals surface area contributed by atoms with Crippen molar-refractivity contribution < 1.29 is 9.53 Å². The molecule has 0 aliphatic rings. The first-order valence-corrected chi connectivity index (χ1v) is 8.66. The molecule has 0 aromatic heterocycles. The number of hydrogen-bond donors (Lipinski definition) is 1. The summed E-state index contributed by atoms with van der Waals surface area (Å²) in [6.07, 6.45) is 1.14. The van der Waals surface area contributed by atoms with Gasteiger partial charge in [0, 0.05) is 0 Å². The number of carbonyl (C=O) groups excluding carboxylic acids is 1. The summed E-state index contributed by atoms with van der Waals surface area (Å²) in [7, 11) is 0. The Morgan fingerprint density at radius 3 is 2.21 bits per heavy atom. The summed E-state index contributed by atoms with van der Waals surface area (Å²) in [6.45, 7) is 8.12. The zero-order chi connectivity index (χ0) is 17.5. The lowest BCUT2D eigenvalue weighted by molar-refractivity contribution is -0.128. The van der Waals surface area contributed by atoms with Crippen molar-refractivity contribution in [3.63, 3.8) is 0 Å². The van der Waals surface area contributed by atoms with E-state index in [0.29, 0.717) is 6.42 Å². The molecule has 24 heavy (non-hydrogen) atoms. The molecule has 0 fully saturated rings. The number of hydrogen-bond acceptors (Lipinski definition) is 2. The standard InChI is InChI=1S/C21H27NO2/c1-5-17-9-13-19(14-10-17)24-20(6-2)21(23)22-16(4)18-11-7-15(3)8-12-18/h7-14,16,20H,5-6H2,1-4H3,(H,22,23)/t16-,20-/m1/s1. The van der Waals surface area contributed by atoms with Crippen LogP contribution in [0.15, 0.2) is 48.5 Å². The van der Waals surface area contributed by atoms with E-state index in [1.807, 2.05) is 50.2 Å². The number of benzene rings is 2. The van der Waals surface area contributed by atoms with Crippen LogP contribution in [0.3, 0.4) is 0 Å². The molecule has 2 atom stereocenters. The van der Waals surface area contributed by atoms with Crippen LogP contribution >= 0.6 is 0 Å². The molecule has 0 saturated carbocycles. The molecular weight excluding hydrogens is 298 g/mol. The van der Waals surface area contributed by atoms with E-state index in [1.165, 1.54) is 11.1 Å². The Labute approximate surface area is 145 Å². The summed E-state index contributed by atoms with van der Waals surface area (Å²) in [5, 5.41) is 3.05. The lowest BCUT2D eigenvalue weighted by Gasteiger charge is -2.21. The first-order valence-electron chi connectivity index (χ1n) is 8.66. The third-order valence-electron chi connectivity index (χ3n) is 4.21. The zero-order valence-electron chi connectivity index (χ0n) is 15.0. The topological polar surface area (TPSA) is 38.3 Å². The SMILES string of the molecule is CCc1ccc(O[C@H](CC)C(=O)N[C@H](C)c2ccc(C)cc2)cc1. The predicted molar refractivity (Wildman–Crippen MR) is 98.3 cm³/mol. The molecule has 3 nitrogen and oxygen atoms in total. The number of carbonyl (C=O) groups is 1. The third-order valence-corrected chi connectivity index (χ3v) is 4.21. The maximum atomic E-state index is 12.5. The summed E-state index contributed by atoms with van der Waals surface area (Å²) in [4.78, 5) is 12.5. The second-order valence-corrected chi connectivity index (χ2v) is 6.15. The molecule has 0 aliphatic heterocycles. The number of ether oxygens (including phenoxy) is 1. The average molecular weight is 325 g/mol. The van der Waals surface area contributed by atoms with E-state index in [4.69, 9.17) is 4.74 Å². The Kier molecular flexibility index (Phi) is 6.42. The molecule has 0 saturated heterocycles. The van der Waals surface area contributed by atoms with Crippen molar-refractivity contribution >= 4 is 5.91 Å². The molecule has 128 valence electrons. The minimum atomic E-state index is -0.481. The highest BCUT2D eigenvalue weighted by molar-refractivity contribution is 5.81. The Hall–Kier alpha value is -2.29. The van der Waals surface area contributed by atoms with Gasteiger partial charge in [-0.2, -0.15) is 0 Å². The van der Waals surface area contributed by atoms with Gasteiger partial charge in [-0.05, 0) is 49.9 Å². The maximum absolute atomic E-state index is 12.5. The highest BCUT2D eigenvalue weighted by atomic mass is 16.5. The monoisotopic (exact) mass is 325 g/mol. The number of aryl methyl sites for hydroxylation is 2. The molecule has 0 bridgehead atoms. The summed E-state index contributed by atoms with van der Waals surface area (Å²) in [5.74, 6) is 0.655. The van der Waals surface area contributed by atoms with Crippen molar-refractivity contribution in [2.45, 2.75) is 52.7 Å². The molecule has 0 radical (unpaired) electrons. The van der Waals surface area contributed by atoms with E-state index >= 15 is 0 Å². The average Bonchev–Trinajstić information content (AvgIpc) is 2.60. The van der Waals surface area contributed by atoms with Crippen molar-refractivity contribution in [2.75, 3.05) is 0 Å². The van der Waals surface area contributed by atoms with Crippen LogP contribution in [-0.2, 0) is 11.2 Å². The molecule has 0 heterocycles. The fourth-order valence-electron chi connectivity index (χ4n) is 2.54. The van der Waals surface area contributed by atoms with E-state index in [0.717, 1.165) is 17.7 Å². The maximum Gasteiger partial charge on any atom is 0.261 e. The fraction of sp³-hybridized carbons (Fsp3) is 0.381. The van der Waals surface area contributed by atoms with Gasteiger partial charge in [0.2, 0.25) is 0 Å². The van der Waals surface area contributed by atoms with Crippen LogP contribution in [0.5, 0.6) is 5.75 Å². The minimum Gasteiger partial charge on any atom is -0.481 e. The first kappa shape index (κ1) is 18.1. The van der Waals surface area contributed by atoms with Gasteiger partial charge in [-0.25, -0.2) is 0 Å². The van der Waals surface area contributed by atoms with Crippen molar-refractivity contribution in [2.24, 2.45) is 0 Å². The number of amides is 1. The third kappa shape index (κ3) is 4.85. The molecule has 1 N–H and O–H groups in total. The highest BCUT2D eigenvalue weighted by Crippen LogP contribution is 2.17. The summed E-state index contributed by atoms with van der Waals surface area (Å²) < 4.78 is 5.87. The minimum absolute atomic E-state index is 0.0433. The highest BCUT2D eigenvalue weighted by Gasteiger charge is 2.20. The van der Waals surface area contributed by atoms with E-state index in [1.54, 1.807) is 0 Å². The van der Waals surface area contributed by atoms with Crippen LogP contribution in [0, 0.1) is 6.92 Å². The predicted octanol–water partition coefficient (Wildman–Crippen LogP) is 4.59. The molecule has 0 aliphatic carbocycles. The van der Waals surface area contributed by atoms with Gasteiger partial charge < -0.3 is 10.1 Å². The van der Waals surface area contributed by atoms with Gasteiger partial charge >= 0.3 is 0 Å². The van der Waals surface area contributed by atoms with Crippen molar-refractivity contribution in [1.29, 1.82) is 0 Å². The van der Waals surface area contributed by atoms with Gasteiger partial charge in [-0.3, -0.25) is 4.79 Å². The van der Waals surface area contributed by atoms with Gasteiger partial charge in [0.1, 0.15) is 5.75 Å². The van der Waals surface area contributed by atoms with Gasteiger partial charge in [-0.1, -0.05) is 55.8 Å². The van der Waals surface area contributed by atoms with Gasteiger partial charge in [0.05, 0.1) is 6.04 Å². The molecule has 0 unspecified atom stereocenters. The van der Waals surface area contributed by atoms with Crippen molar-refractivity contribution in [3.8, 4) is 5.75 Å². The summed E-state index contributed by atoms with van der Waals surface area (Å²) in [6, 6.07) is 16.1. The van der Waals surface area contributed by atoms with E-state index < -0.39 is 6.10 Å². The van der Waals surface area contributed by atoms with Crippen LogP contribution in [0.1, 0.15) is 49.9 Å². The summed E-state index contributed by atoms with van der Waals surface area (Å²) in [5.41, 5.74) is 3.56. The summed E-state index contributed by atoms with van der Waals surface area (Å²) >= 11 is 0. The molecule has 1 amide bonds. The largest absolute Gasteiger partial charge is 0.481 e. The van der Waals surface area contributed by atoms with E-state index in [9.17, 15) is 4.79 Å². The molecule has 3 heteroatoms. The normalized spacial score (nSPS) is 13.2. The van der Waals surface area contributed by atoms with E-state index in [-0.39, 0.29) is 11.9 Å². The van der Waals surface area contributed by atoms with Crippen LogP contribution in [-0.4, -0.2) is 12.0 Å². The van der Waals surface area contributed by atoms with Crippen molar-refractivity contribution in [1.82, 2.24) is 5.32 Å². The molecule has 2 rings (SSSR count). The van der Waals surface area contributed by atoms with Gasteiger partial charge in [0.25, 0.3) is 5.91 Å². The molecule has 2 aromatic rings. The van der Waals surface area contributed by atoms with Crippen LogP contribution in [0.2, 0.25) is 0 Å². The van der Waals surface area contributed by atoms with Crippen LogP contribution < -0.4 is 10.1 Å². The quantitative estimate of drug-likeness (QED) is 0.808. The first-order chi connectivity index (χ1) is 11.5. The van der Waals surface area contributed by atoms with Gasteiger partial charge in [-0.15, -0.1) is 0 Å². The van der Waals surface area contributed by atoms with Crippen molar-refractivity contribution in [3.05, 3.63) is 65.2 Å². The fourth-order valence-corrected chi connectivity index (χ4v) is 2.54. The Morgan fingerprint density at radius 1 is 1.04 bits per heavy atom. The Bertz CT molecular complexity index is 647. The second kappa shape index (κ2) is 8.53. The van der Waals surface area contributed by atoms with E-state index in [2.05, 4.69) is 31.3 Å². The Balaban J connectivity index is 1.98. The number of nitrogens with one attached hydrogen (secondary N) is 1. The van der Waals surface area contributed by atoms with Gasteiger partial charge in [0.15, 0.2) is 6.10 Å².